The Balaban J connectivity index is 1.08. The highest BCUT2D eigenvalue weighted by Gasteiger charge is 2.16. The van der Waals surface area contributed by atoms with Crippen LogP contribution in [0.2, 0.25) is 0 Å². The molecule has 56 heavy (non-hydrogen) atoms. The Bertz CT molecular complexity index is 2720. The summed E-state index contributed by atoms with van der Waals surface area (Å²) >= 11 is 0. The van der Waals surface area contributed by atoms with Crippen LogP contribution in [-0.2, 0) is 0 Å². The summed E-state index contributed by atoms with van der Waals surface area (Å²) in [4.78, 5) is 2.30. The van der Waals surface area contributed by atoms with E-state index >= 15 is 0 Å². The first-order valence-electron chi connectivity index (χ1n) is 18.5. The molecule has 250 valence electrons. The van der Waals surface area contributed by atoms with Crippen LogP contribution in [-0.4, -0.2) is 39.2 Å². The molecule has 6 heteroatoms. The Morgan fingerprint density at radius 1 is 0.268 bits per heavy atom. The highest BCUT2D eigenvalue weighted by Crippen LogP contribution is 2.39. The van der Waals surface area contributed by atoms with E-state index in [0.29, 0.717) is 16.5 Å². The predicted octanol–water partition coefficient (Wildman–Crippen LogP) is 8.10. The molecule has 0 atom stereocenters. The van der Waals surface area contributed by atoms with Crippen molar-refractivity contribution in [3.05, 3.63) is 182 Å². The van der Waals surface area contributed by atoms with Crippen LogP contribution in [0.5, 0.6) is 0 Å². The highest BCUT2D eigenvalue weighted by atomic mass is 15.1. The molecule has 0 unspecified atom stereocenters. The smallest absolute Gasteiger partial charge is 0.113 e. The van der Waals surface area contributed by atoms with Crippen LogP contribution in [0.25, 0.3) is 66.1 Å². The zero-order chi connectivity index (χ0) is 38.3. The Morgan fingerprint density at radius 3 is 1.02 bits per heavy atom. The molecule has 1 nitrogen and oxygen atoms in total. The number of fused-ring (bicyclic) bond motifs is 2. The van der Waals surface area contributed by atoms with Crippen molar-refractivity contribution >= 4 is 105 Å². The van der Waals surface area contributed by atoms with Crippen LogP contribution in [0, 0.1) is 0 Å². The molecule has 0 amide bonds. The third-order valence-corrected chi connectivity index (χ3v) is 10.8. The summed E-state index contributed by atoms with van der Waals surface area (Å²) in [6.07, 6.45) is 0. The fourth-order valence-electron chi connectivity index (χ4n) is 7.77. The van der Waals surface area contributed by atoms with Gasteiger partial charge in [0, 0.05) is 17.1 Å². The van der Waals surface area contributed by atoms with Gasteiger partial charge in [-0.3, -0.25) is 0 Å². The summed E-state index contributed by atoms with van der Waals surface area (Å²) < 4.78 is 0. The van der Waals surface area contributed by atoms with Gasteiger partial charge in [-0.15, -0.1) is 16.4 Å². The van der Waals surface area contributed by atoms with E-state index in [1.165, 1.54) is 43.8 Å². The second kappa shape index (κ2) is 14.7. The molecule has 0 aromatic heterocycles. The number of benzene rings is 9. The van der Waals surface area contributed by atoms with Crippen LogP contribution in [0.3, 0.4) is 0 Å². The fraction of sp³-hybridized carbons (Fsp3) is 0. The van der Waals surface area contributed by atoms with E-state index in [2.05, 4.69) is 163 Å². The van der Waals surface area contributed by atoms with Gasteiger partial charge in [0.1, 0.15) is 39.2 Å². The molecule has 0 heterocycles. The van der Waals surface area contributed by atoms with Crippen molar-refractivity contribution in [2.24, 2.45) is 0 Å². The van der Waals surface area contributed by atoms with Gasteiger partial charge >= 0.3 is 0 Å². The zero-order valence-electron chi connectivity index (χ0n) is 30.7. The number of nitrogens with zero attached hydrogens (tertiary/aromatic N) is 1. The van der Waals surface area contributed by atoms with Gasteiger partial charge in [0.15, 0.2) is 0 Å². The Labute approximate surface area is 335 Å². The first-order chi connectivity index (χ1) is 27.4. The van der Waals surface area contributed by atoms with E-state index in [-0.39, 0.29) is 16.4 Å². The van der Waals surface area contributed by atoms with Crippen LogP contribution >= 0.6 is 0 Å². The van der Waals surface area contributed by atoms with Gasteiger partial charge in [-0.2, -0.15) is 0 Å². The molecular weight excluding hydrogens is 669 g/mol. The molecule has 10 radical (unpaired) electrons. The molecule has 0 spiro atoms. The predicted molar refractivity (Wildman–Crippen MR) is 245 cm³/mol. The van der Waals surface area contributed by atoms with Gasteiger partial charge in [-0.25, -0.2) is 0 Å². The molecule has 0 aliphatic heterocycles. The number of rotatable bonds is 7. The van der Waals surface area contributed by atoms with Gasteiger partial charge in [0.05, 0.1) is 0 Å². The van der Waals surface area contributed by atoms with E-state index in [1.807, 2.05) is 24.3 Å². The summed E-state index contributed by atoms with van der Waals surface area (Å²) in [6, 6.07) is 64.3. The van der Waals surface area contributed by atoms with Crippen molar-refractivity contribution in [2.75, 3.05) is 4.90 Å². The molecule has 9 aromatic carbocycles. The number of anilines is 3. The van der Waals surface area contributed by atoms with Crippen molar-refractivity contribution < 1.29 is 0 Å². The standard InChI is InChI=1S/C50H30B5N/c51-46-45(47(52)49(54)50(55)48(46)53)37-17-15-31(16-18-37)32-19-25-38(26-20-32)56(39-27-21-35(22-28-39)43-13-5-9-33-7-1-3-11-41(33)43)40-29-23-36(24-30-40)44-14-6-10-34-8-2-4-12-42(34)44/h1-30H. The van der Waals surface area contributed by atoms with Crippen molar-refractivity contribution in [2.45, 2.75) is 0 Å². The molecule has 0 aliphatic rings. The number of hydrogen-bond donors (Lipinski definition) is 0. The summed E-state index contributed by atoms with van der Waals surface area (Å²) in [7, 11) is 31.0. The molecule has 0 saturated heterocycles. The quantitative estimate of drug-likeness (QED) is 0.152. The minimum absolute atomic E-state index is 0.205. The SMILES string of the molecule is [B]c1c([B])c([B])c(-c2ccc(-c3ccc(N(c4ccc(-c5cccc6ccccc56)cc4)c4ccc(-c5cccc6ccccc56)cc4)cc3)cc2)c([B])c1[B]. The lowest BCUT2D eigenvalue weighted by Crippen LogP contribution is -2.55. The molecule has 0 aliphatic carbocycles. The minimum Gasteiger partial charge on any atom is -0.311 e. The summed E-state index contributed by atoms with van der Waals surface area (Å²) in [5, 5.41) is 4.93. The minimum atomic E-state index is 0.205. The van der Waals surface area contributed by atoms with Crippen molar-refractivity contribution in [1.82, 2.24) is 0 Å². The Hall–Kier alpha value is -6.38. The lowest BCUT2D eigenvalue weighted by molar-refractivity contribution is 1.28. The maximum absolute atomic E-state index is 6.35. The lowest BCUT2D eigenvalue weighted by atomic mass is 9.59. The summed E-state index contributed by atoms with van der Waals surface area (Å²) in [5.41, 5.74) is 12.7. The van der Waals surface area contributed by atoms with Gasteiger partial charge in [-0.05, 0) is 102 Å². The average Bonchev–Trinajstić information content (AvgIpc) is 3.26. The van der Waals surface area contributed by atoms with Crippen LogP contribution in [0.1, 0.15) is 0 Å². The van der Waals surface area contributed by atoms with Crippen LogP contribution < -0.4 is 32.2 Å². The maximum atomic E-state index is 6.35. The van der Waals surface area contributed by atoms with E-state index in [1.54, 1.807) is 0 Å². The van der Waals surface area contributed by atoms with Crippen molar-refractivity contribution in [3.63, 3.8) is 0 Å². The Morgan fingerprint density at radius 2 is 0.589 bits per heavy atom. The topological polar surface area (TPSA) is 3.24 Å². The largest absolute Gasteiger partial charge is 0.311 e. The van der Waals surface area contributed by atoms with Crippen molar-refractivity contribution in [3.8, 4) is 44.5 Å². The van der Waals surface area contributed by atoms with Gasteiger partial charge in [0.2, 0.25) is 0 Å². The van der Waals surface area contributed by atoms with E-state index in [4.69, 9.17) is 39.2 Å². The van der Waals surface area contributed by atoms with E-state index in [0.717, 1.165) is 33.8 Å². The first-order valence-corrected chi connectivity index (χ1v) is 18.5. The molecule has 0 fully saturated rings. The van der Waals surface area contributed by atoms with Crippen LogP contribution in [0.4, 0.5) is 17.1 Å². The summed E-state index contributed by atoms with van der Waals surface area (Å²) in [5.74, 6) is 0. The van der Waals surface area contributed by atoms with Crippen LogP contribution in [0.15, 0.2) is 182 Å². The second-order valence-corrected chi connectivity index (χ2v) is 14.1. The van der Waals surface area contributed by atoms with Gasteiger partial charge in [0.25, 0.3) is 0 Å². The number of hydrogen-bond acceptors (Lipinski definition) is 1. The molecule has 0 bridgehead atoms. The first kappa shape index (κ1) is 35.3. The molecule has 9 aromatic rings. The third kappa shape index (κ3) is 6.36. The summed E-state index contributed by atoms with van der Waals surface area (Å²) in [6.45, 7) is 0. The average molecular weight is 699 g/mol. The third-order valence-electron chi connectivity index (χ3n) is 10.8. The van der Waals surface area contributed by atoms with E-state index in [9.17, 15) is 0 Å². The van der Waals surface area contributed by atoms with Gasteiger partial charge in [-0.1, -0.05) is 157 Å². The molecule has 9 rings (SSSR count). The molecule has 0 saturated carbocycles. The maximum Gasteiger partial charge on any atom is 0.113 e. The van der Waals surface area contributed by atoms with Crippen molar-refractivity contribution in [1.29, 1.82) is 0 Å². The molecular formula is C50H30B5N. The Kier molecular flexibility index (Phi) is 9.27. The van der Waals surface area contributed by atoms with E-state index < -0.39 is 0 Å². The fourth-order valence-corrected chi connectivity index (χ4v) is 7.77. The monoisotopic (exact) mass is 699 g/mol. The van der Waals surface area contributed by atoms with Gasteiger partial charge < -0.3 is 4.90 Å². The zero-order valence-corrected chi connectivity index (χ0v) is 30.7. The normalized spacial score (nSPS) is 11.2. The second-order valence-electron chi connectivity index (χ2n) is 14.1. The lowest BCUT2D eigenvalue weighted by Gasteiger charge is -2.26. The highest BCUT2D eigenvalue weighted by molar-refractivity contribution is 6.68. The molecule has 0 N–H and O–H groups in total.